The van der Waals surface area contributed by atoms with Crippen LogP contribution in [-0.2, 0) is 9.59 Å². The summed E-state index contributed by atoms with van der Waals surface area (Å²) in [6.07, 6.45) is -0.193. The van der Waals surface area contributed by atoms with E-state index in [-0.39, 0.29) is 18.0 Å². The highest BCUT2D eigenvalue weighted by molar-refractivity contribution is 6.04. The molecule has 0 aromatic carbocycles. The van der Waals surface area contributed by atoms with Crippen molar-refractivity contribution in [3.05, 3.63) is 0 Å². The SMILES string of the molecule is NC1=NC(NC=O)C(N)C(=O)C1. The van der Waals surface area contributed by atoms with E-state index in [0.717, 1.165) is 0 Å². The lowest BCUT2D eigenvalue weighted by atomic mass is 10.0. The van der Waals surface area contributed by atoms with Gasteiger partial charge in [-0.2, -0.15) is 0 Å². The fourth-order valence-electron chi connectivity index (χ4n) is 0.988. The van der Waals surface area contributed by atoms with Crippen LogP contribution in [0, 0.1) is 0 Å². The second kappa shape index (κ2) is 3.31. The highest BCUT2D eigenvalue weighted by Crippen LogP contribution is 2.04. The van der Waals surface area contributed by atoms with E-state index in [1.54, 1.807) is 0 Å². The zero-order valence-corrected chi connectivity index (χ0v) is 6.36. The second-order valence-electron chi connectivity index (χ2n) is 2.52. The Kier molecular flexibility index (Phi) is 2.39. The number of amides is 1. The Morgan fingerprint density at radius 3 is 2.92 bits per heavy atom. The number of hydrogen-bond acceptors (Lipinski definition) is 5. The maximum Gasteiger partial charge on any atom is 0.208 e. The molecule has 1 aliphatic rings. The van der Waals surface area contributed by atoms with Crippen LogP contribution in [-0.4, -0.2) is 30.2 Å². The van der Waals surface area contributed by atoms with Gasteiger partial charge in [0, 0.05) is 0 Å². The molecule has 0 fully saturated rings. The van der Waals surface area contributed by atoms with Gasteiger partial charge in [-0.15, -0.1) is 0 Å². The van der Waals surface area contributed by atoms with Gasteiger partial charge in [-0.25, -0.2) is 4.99 Å². The molecule has 1 aliphatic heterocycles. The third-order valence-electron chi connectivity index (χ3n) is 1.61. The Bertz CT molecular complexity index is 238. The minimum atomic E-state index is -0.775. The van der Waals surface area contributed by atoms with Crippen LogP contribution in [0.2, 0.25) is 0 Å². The average Bonchev–Trinajstić information content (AvgIpc) is 2.00. The molecular formula is C6H10N4O2. The maximum atomic E-state index is 11.0. The van der Waals surface area contributed by atoms with Crippen LogP contribution in [0.4, 0.5) is 0 Å². The van der Waals surface area contributed by atoms with Gasteiger partial charge in [0.25, 0.3) is 0 Å². The predicted octanol–water partition coefficient (Wildman–Crippen LogP) is -2.28. The zero-order valence-electron chi connectivity index (χ0n) is 6.36. The quantitative estimate of drug-likeness (QED) is 0.405. The highest BCUT2D eigenvalue weighted by atomic mass is 16.1. The first-order valence-electron chi connectivity index (χ1n) is 3.45. The van der Waals surface area contributed by atoms with Crippen molar-refractivity contribution in [2.75, 3.05) is 0 Å². The molecule has 2 atom stereocenters. The molecule has 2 unspecified atom stereocenters. The zero-order chi connectivity index (χ0) is 9.14. The van der Waals surface area contributed by atoms with E-state index >= 15 is 0 Å². The van der Waals surface area contributed by atoms with Gasteiger partial charge in [0.2, 0.25) is 6.41 Å². The summed E-state index contributed by atoms with van der Waals surface area (Å²) in [6.45, 7) is 0. The third kappa shape index (κ3) is 1.59. The fraction of sp³-hybridized carbons (Fsp3) is 0.500. The standard InChI is InChI=1S/C6H10N4O2/c7-4-1-3(12)5(8)6(10-4)9-2-11/h2,5-6H,1,8H2,(H2,7,10)(H,9,11). The van der Waals surface area contributed by atoms with Gasteiger partial charge in [0.05, 0.1) is 6.42 Å². The van der Waals surface area contributed by atoms with Crippen LogP contribution in [0.3, 0.4) is 0 Å². The number of rotatable bonds is 2. The molecule has 12 heavy (non-hydrogen) atoms. The summed E-state index contributed by atoms with van der Waals surface area (Å²) in [6, 6.07) is -0.775. The van der Waals surface area contributed by atoms with Gasteiger partial charge in [-0.05, 0) is 0 Å². The van der Waals surface area contributed by atoms with E-state index in [1.807, 2.05) is 0 Å². The second-order valence-corrected chi connectivity index (χ2v) is 2.52. The maximum absolute atomic E-state index is 11.0. The molecule has 0 aromatic rings. The number of hydrogen-bond donors (Lipinski definition) is 3. The molecule has 66 valence electrons. The minimum absolute atomic E-state index is 0.0677. The molecule has 0 aliphatic carbocycles. The number of carbonyl (C=O) groups is 2. The molecule has 6 heteroatoms. The van der Waals surface area contributed by atoms with Crippen LogP contribution in [0.15, 0.2) is 4.99 Å². The molecule has 6 nitrogen and oxygen atoms in total. The molecule has 5 N–H and O–H groups in total. The normalized spacial score (nSPS) is 29.4. The highest BCUT2D eigenvalue weighted by Gasteiger charge is 2.28. The molecule has 0 spiro atoms. The lowest BCUT2D eigenvalue weighted by molar-refractivity contribution is -0.120. The number of amidine groups is 1. The number of nitrogens with zero attached hydrogens (tertiary/aromatic N) is 1. The van der Waals surface area contributed by atoms with Crippen LogP contribution in [0.5, 0.6) is 0 Å². The van der Waals surface area contributed by atoms with E-state index in [1.165, 1.54) is 0 Å². The van der Waals surface area contributed by atoms with Crippen molar-refractivity contribution in [3.8, 4) is 0 Å². The monoisotopic (exact) mass is 170 g/mol. The smallest absolute Gasteiger partial charge is 0.208 e. The Balaban J connectivity index is 2.76. The fourth-order valence-corrected chi connectivity index (χ4v) is 0.988. The van der Waals surface area contributed by atoms with Crippen molar-refractivity contribution in [3.63, 3.8) is 0 Å². The van der Waals surface area contributed by atoms with Crippen LogP contribution < -0.4 is 16.8 Å². The number of carbonyl (C=O) groups excluding carboxylic acids is 2. The lowest BCUT2D eigenvalue weighted by Crippen LogP contribution is -2.53. The molecule has 1 amide bonds. The van der Waals surface area contributed by atoms with Crippen molar-refractivity contribution < 1.29 is 9.59 Å². The van der Waals surface area contributed by atoms with Gasteiger partial charge in [-0.1, -0.05) is 0 Å². The van der Waals surface area contributed by atoms with Crippen molar-refractivity contribution >= 4 is 18.0 Å². The molecule has 1 heterocycles. The average molecular weight is 170 g/mol. The predicted molar refractivity (Wildman–Crippen MR) is 42.2 cm³/mol. The van der Waals surface area contributed by atoms with Gasteiger partial charge in [-0.3, -0.25) is 9.59 Å². The van der Waals surface area contributed by atoms with E-state index in [0.29, 0.717) is 6.41 Å². The van der Waals surface area contributed by atoms with E-state index in [9.17, 15) is 9.59 Å². The van der Waals surface area contributed by atoms with Crippen molar-refractivity contribution in [1.82, 2.24) is 5.32 Å². The van der Waals surface area contributed by atoms with Gasteiger partial charge >= 0.3 is 0 Å². The van der Waals surface area contributed by atoms with Gasteiger partial charge in [0.1, 0.15) is 18.0 Å². The largest absolute Gasteiger partial charge is 0.387 e. The molecule has 0 aromatic heterocycles. The topological polar surface area (TPSA) is 111 Å². The summed E-state index contributed by atoms with van der Waals surface area (Å²) >= 11 is 0. The number of nitrogens with one attached hydrogen (secondary N) is 1. The van der Waals surface area contributed by atoms with Crippen molar-refractivity contribution in [2.45, 2.75) is 18.6 Å². The molecule has 0 radical (unpaired) electrons. The van der Waals surface area contributed by atoms with E-state index < -0.39 is 12.2 Å². The van der Waals surface area contributed by atoms with Crippen LogP contribution in [0.25, 0.3) is 0 Å². The lowest BCUT2D eigenvalue weighted by Gasteiger charge is -2.23. The molecule has 0 saturated carbocycles. The first-order valence-corrected chi connectivity index (χ1v) is 3.45. The molecule has 1 rings (SSSR count). The van der Waals surface area contributed by atoms with E-state index in [2.05, 4.69) is 10.3 Å². The Hall–Kier alpha value is -1.43. The molecule has 0 bridgehead atoms. The minimum Gasteiger partial charge on any atom is -0.387 e. The number of nitrogens with two attached hydrogens (primary N) is 2. The number of Topliss-reactive ketones (excluding diaryl/α,β-unsaturated/α-hetero) is 1. The Morgan fingerprint density at radius 1 is 1.67 bits per heavy atom. The summed E-state index contributed by atoms with van der Waals surface area (Å²) in [4.78, 5) is 24.9. The van der Waals surface area contributed by atoms with Crippen molar-refractivity contribution in [2.24, 2.45) is 16.5 Å². The number of aliphatic imine (C=N–C) groups is 1. The first-order chi connectivity index (χ1) is 5.65. The van der Waals surface area contributed by atoms with Crippen LogP contribution in [0.1, 0.15) is 6.42 Å². The Labute approximate surface area is 69.0 Å². The summed E-state index contributed by atoms with van der Waals surface area (Å²) in [5, 5.41) is 2.30. The molecule has 0 saturated heterocycles. The number of ketones is 1. The Morgan fingerprint density at radius 2 is 2.33 bits per heavy atom. The molecular weight excluding hydrogens is 160 g/mol. The first kappa shape index (κ1) is 8.66. The van der Waals surface area contributed by atoms with Gasteiger partial charge < -0.3 is 16.8 Å². The third-order valence-corrected chi connectivity index (χ3v) is 1.61. The van der Waals surface area contributed by atoms with E-state index in [4.69, 9.17) is 11.5 Å². The van der Waals surface area contributed by atoms with Gasteiger partial charge in [0.15, 0.2) is 5.78 Å². The summed E-state index contributed by atoms with van der Waals surface area (Å²) in [7, 11) is 0. The summed E-state index contributed by atoms with van der Waals surface area (Å²) in [5.41, 5.74) is 10.8. The summed E-state index contributed by atoms with van der Waals surface area (Å²) in [5.74, 6) is 0.00269. The summed E-state index contributed by atoms with van der Waals surface area (Å²) < 4.78 is 0. The van der Waals surface area contributed by atoms with Crippen LogP contribution >= 0.6 is 0 Å². The van der Waals surface area contributed by atoms with Crippen molar-refractivity contribution in [1.29, 1.82) is 0 Å².